The Morgan fingerprint density at radius 1 is 1.14 bits per heavy atom. The molecule has 3 nitrogen and oxygen atoms in total. The lowest BCUT2D eigenvalue weighted by Crippen LogP contribution is -2.31. The van der Waals surface area contributed by atoms with Gasteiger partial charge in [0.05, 0.1) is 11.8 Å². The van der Waals surface area contributed by atoms with Gasteiger partial charge in [-0.1, -0.05) is 0 Å². The number of rotatable bonds is 3. The molecular formula is C15H12F4N2O. The normalized spacial score (nSPS) is 11.3. The molecule has 1 aromatic heterocycles. The molecular weight excluding hydrogens is 300 g/mol. The molecule has 0 bridgehead atoms. The molecule has 0 N–H and O–H groups in total. The van der Waals surface area contributed by atoms with Crippen molar-refractivity contribution >= 4 is 11.6 Å². The van der Waals surface area contributed by atoms with E-state index in [1.165, 1.54) is 23.1 Å². The minimum Gasteiger partial charge on any atom is -0.307 e. The van der Waals surface area contributed by atoms with Crippen molar-refractivity contribution in [2.45, 2.75) is 13.1 Å². The minimum atomic E-state index is -4.43. The van der Waals surface area contributed by atoms with Crippen LogP contribution in [0.1, 0.15) is 23.0 Å². The van der Waals surface area contributed by atoms with Gasteiger partial charge in [-0.2, -0.15) is 13.2 Å². The summed E-state index contributed by atoms with van der Waals surface area (Å²) in [6.07, 6.45) is -3.52. The van der Waals surface area contributed by atoms with Gasteiger partial charge >= 0.3 is 6.18 Å². The first-order chi connectivity index (χ1) is 10.3. The SMILES string of the molecule is CCN(C(=O)c1ccc(F)cn1)c1ccc(C(F)(F)F)cc1. The van der Waals surface area contributed by atoms with E-state index in [0.29, 0.717) is 5.69 Å². The molecule has 0 saturated heterocycles. The van der Waals surface area contributed by atoms with E-state index in [9.17, 15) is 22.4 Å². The lowest BCUT2D eigenvalue weighted by Gasteiger charge is -2.21. The number of alkyl halides is 3. The molecule has 0 aliphatic rings. The van der Waals surface area contributed by atoms with Gasteiger partial charge in [0.15, 0.2) is 0 Å². The van der Waals surface area contributed by atoms with Crippen LogP contribution in [-0.2, 0) is 6.18 Å². The molecule has 1 amide bonds. The number of amides is 1. The molecule has 0 atom stereocenters. The van der Waals surface area contributed by atoms with Gasteiger partial charge < -0.3 is 4.90 Å². The van der Waals surface area contributed by atoms with E-state index in [1.807, 2.05) is 0 Å². The van der Waals surface area contributed by atoms with Gasteiger partial charge in [0.2, 0.25) is 0 Å². The summed E-state index contributed by atoms with van der Waals surface area (Å²) in [7, 11) is 0. The second-order valence-corrected chi connectivity index (χ2v) is 4.46. The van der Waals surface area contributed by atoms with Crippen LogP contribution in [0.25, 0.3) is 0 Å². The molecule has 0 saturated carbocycles. The van der Waals surface area contributed by atoms with E-state index < -0.39 is 23.5 Å². The Balaban J connectivity index is 2.28. The van der Waals surface area contributed by atoms with E-state index in [4.69, 9.17) is 0 Å². The molecule has 0 aliphatic carbocycles. The summed E-state index contributed by atoms with van der Waals surface area (Å²) in [5.41, 5.74) is -0.463. The maximum atomic E-state index is 12.8. The van der Waals surface area contributed by atoms with Crippen LogP contribution in [0, 0.1) is 5.82 Å². The predicted molar refractivity (Wildman–Crippen MR) is 73.0 cm³/mol. The van der Waals surface area contributed by atoms with Gasteiger partial charge in [-0.3, -0.25) is 4.79 Å². The highest BCUT2D eigenvalue weighted by Gasteiger charge is 2.30. The molecule has 0 spiro atoms. The first-order valence-electron chi connectivity index (χ1n) is 6.43. The third kappa shape index (κ3) is 3.41. The van der Waals surface area contributed by atoms with Crippen molar-refractivity contribution in [1.82, 2.24) is 4.98 Å². The van der Waals surface area contributed by atoms with Crippen LogP contribution in [0.2, 0.25) is 0 Å². The number of hydrogen-bond donors (Lipinski definition) is 0. The predicted octanol–water partition coefficient (Wildman–Crippen LogP) is 3.91. The number of carbonyl (C=O) groups excluding carboxylic acids is 1. The van der Waals surface area contributed by atoms with Gasteiger partial charge in [-0.15, -0.1) is 0 Å². The molecule has 0 aliphatic heterocycles. The third-order valence-corrected chi connectivity index (χ3v) is 3.01. The van der Waals surface area contributed by atoms with Crippen LogP contribution in [-0.4, -0.2) is 17.4 Å². The largest absolute Gasteiger partial charge is 0.416 e. The average molecular weight is 312 g/mol. The summed E-state index contributed by atoms with van der Waals surface area (Å²) in [5, 5.41) is 0. The van der Waals surface area contributed by atoms with Crippen molar-refractivity contribution in [3.05, 3.63) is 59.7 Å². The Kier molecular flexibility index (Phi) is 4.44. The van der Waals surface area contributed by atoms with Gasteiger partial charge in [0, 0.05) is 12.2 Å². The number of pyridine rings is 1. The summed E-state index contributed by atoms with van der Waals surface area (Å²) >= 11 is 0. The zero-order chi connectivity index (χ0) is 16.3. The monoisotopic (exact) mass is 312 g/mol. The number of halogens is 4. The van der Waals surface area contributed by atoms with Crippen LogP contribution in [0.3, 0.4) is 0 Å². The van der Waals surface area contributed by atoms with Crippen molar-refractivity contribution in [1.29, 1.82) is 0 Å². The molecule has 0 fully saturated rings. The van der Waals surface area contributed by atoms with Gasteiger partial charge in [0.25, 0.3) is 5.91 Å². The molecule has 1 heterocycles. The highest BCUT2D eigenvalue weighted by molar-refractivity contribution is 6.04. The number of aromatic nitrogens is 1. The molecule has 2 aromatic rings. The maximum absolute atomic E-state index is 12.8. The smallest absolute Gasteiger partial charge is 0.307 e. The molecule has 7 heteroatoms. The van der Waals surface area contributed by atoms with Gasteiger partial charge in [-0.05, 0) is 43.3 Å². The molecule has 22 heavy (non-hydrogen) atoms. The van der Waals surface area contributed by atoms with E-state index >= 15 is 0 Å². The van der Waals surface area contributed by atoms with Crippen molar-refractivity contribution in [3.8, 4) is 0 Å². The van der Waals surface area contributed by atoms with Crippen LogP contribution in [0.15, 0.2) is 42.6 Å². The zero-order valence-electron chi connectivity index (χ0n) is 11.6. The zero-order valence-corrected chi connectivity index (χ0v) is 11.6. The highest BCUT2D eigenvalue weighted by atomic mass is 19.4. The average Bonchev–Trinajstić information content (AvgIpc) is 2.48. The van der Waals surface area contributed by atoms with Gasteiger partial charge in [0.1, 0.15) is 11.5 Å². The first kappa shape index (κ1) is 15.9. The summed E-state index contributed by atoms with van der Waals surface area (Å²) < 4.78 is 50.4. The lowest BCUT2D eigenvalue weighted by molar-refractivity contribution is -0.137. The Morgan fingerprint density at radius 2 is 1.77 bits per heavy atom. The topological polar surface area (TPSA) is 33.2 Å². The fraction of sp³-hybridized carbons (Fsp3) is 0.200. The Labute approximate surface area is 124 Å². The van der Waals surface area contributed by atoms with Crippen molar-refractivity contribution in [2.24, 2.45) is 0 Å². The Hall–Kier alpha value is -2.44. The number of anilines is 1. The van der Waals surface area contributed by atoms with Crippen molar-refractivity contribution in [2.75, 3.05) is 11.4 Å². The van der Waals surface area contributed by atoms with Crippen LogP contribution < -0.4 is 4.90 Å². The summed E-state index contributed by atoms with van der Waals surface area (Å²) in [4.78, 5) is 17.2. The second-order valence-electron chi connectivity index (χ2n) is 4.46. The summed E-state index contributed by atoms with van der Waals surface area (Å²) in [6.45, 7) is 1.92. The van der Waals surface area contributed by atoms with Crippen molar-refractivity contribution in [3.63, 3.8) is 0 Å². The summed E-state index contributed by atoms with van der Waals surface area (Å²) in [6, 6.07) is 6.57. The third-order valence-electron chi connectivity index (χ3n) is 3.01. The first-order valence-corrected chi connectivity index (χ1v) is 6.43. The molecule has 2 rings (SSSR count). The van der Waals surface area contributed by atoms with E-state index in [-0.39, 0.29) is 12.2 Å². The van der Waals surface area contributed by atoms with Crippen LogP contribution >= 0.6 is 0 Å². The summed E-state index contributed by atoms with van der Waals surface area (Å²) in [5.74, 6) is -1.09. The molecule has 0 unspecified atom stereocenters. The van der Waals surface area contributed by atoms with Crippen LogP contribution in [0.4, 0.5) is 23.2 Å². The van der Waals surface area contributed by atoms with Crippen molar-refractivity contribution < 1.29 is 22.4 Å². The number of benzene rings is 1. The fourth-order valence-corrected chi connectivity index (χ4v) is 1.91. The maximum Gasteiger partial charge on any atom is 0.416 e. The van der Waals surface area contributed by atoms with Gasteiger partial charge in [-0.25, -0.2) is 9.37 Å². The second kappa shape index (κ2) is 6.13. The lowest BCUT2D eigenvalue weighted by atomic mass is 10.2. The fourth-order valence-electron chi connectivity index (χ4n) is 1.91. The Morgan fingerprint density at radius 3 is 2.23 bits per heavy atom. The Bertz CT molecular complexity index is 651. The minimum absolute atomic E-state index is 0.0168. The number of nitrogens with zero attached hydrogens (tertiary/aromatic N) is 2. The van der Waals surface area contributed by atoms with E-state index in [0.717, 1.165) is 24.4 Å². The standard InChI is InChI=1S/C15H12F4N2O/c1-2-21(14(22)13-8-5-11(16)9-20-13)12-6-3-10(4-7-12)15(17,18)19/h3-9H,2H2,1H3. The molecule has 0 radical (unpaired) electrons. The highest BCUT2D eigenvalue weighted by Crippen LogP contribution is 2.30. The van der Waals surface area contributed by atoms with E-state index in [1.54, 1.807) is 6.92 Å². The number of carbonyl (C=O) groups is 1. The van der Waals surface area contributed by atoms with Crippen LogP contribution in [0.5, 0.6) is 0 Å². The molecule has 1 aromatic carbocycles. The quantitative estimate of drug-likeness (QED) is 0.805. The van der Waals surface area contributed by atoms with E-state index in [2.05, 4.69) is 4.98 Å². The number of hydrogen-bond acceptors (Lipinski definition) is 2. The molecule has 116 valence electrons.